The van der Waals surface area contributed by atoms with Crippen LogP contribution in [0.25, 0.3) is 0 Å². The molecular formula is C23H42NO6+. The number of hydrogen-bond donors (Lipinski definition) is 3. The van der Waals surface area contributed by atoms with E-state index in [0.717, 1.165) is 38.6 Å². The van der Waals surface area contributed by atoms with Crippen molar-refractivity contribution in [3.63, 3.8) is 0 Å². The molecule has 0 aromatic rings. The van der Waals surface area contributed by atoms with E-state index in [0.29, 0.717) is 43.4 Å². The molecule has 0 heterocycles. The van der Waals surface area contributed by atoms with Crippen molar-refractivity contribution in [2.75, 3.05) is 26.2 Å². The molecule has 0 aromatic carbocycles. The minimum atomic E-state index is -0.832. The zero-order valence-electron chi connectivity index (χ0n) is 18.7. The van der Waals surface area contributed by atoms with Crippen molar-refractivity contribution < 1.29 is 34.2 Å². The van der Waals surface area contributed by atoms with E-state index < -0.39 is 17.9 Å². The number of hydrogen-bond acceptors (Lipinski definition) is 3. The second kappa shape index (κ2) is 17.9. The molecule has 0 saturated heterocycles. The van der Waals surface area contributed by atoms with Crippen LogP contribution in [0.5, 0.6) is 0 Å². The van der Waals surface area contributed by atoms with Gasteiger partial charge in [0, 0.05) is 19.3 Å². The quantitative estimate of drug-likeness (QED) is 0.139. The molecule has 0 fully saturated rings. The first-order chi connectivity index (χ1) is 14.3. The van der Waals surface area contributed by atoms with Gasteiger partial charge < -0.3 is 19.8 Å². The second-order valence-corrected chi connectivity index (χ2v) is 8.16. The number of carboxylic acid groups (broad SMARTS) is 3. The standard InChI is InChI=1S/C23H41NO6/c1-2-3-4-5-6-7-8-9-10-17-24(18-11-14-21(25)26,19-12-15-22(27)28)20-13-16-23(29)30/h3-4H,2,5-20H2,1H3,(H2-,25,26,27,28,29,30)/p+1/b4-3+. The first-order valence-corrected chi connectivity index (χ1v) is 11.5. The topological polar surface area (TPSA) is 112 Å². The summed E-state index contributed by atoms with van der Waals surface area (Å²) in [5.74, 6) is -2.50. The summed E-state index contributed by atoms with van der Waals surface area (Å²) in [7, 11) is 0. The van der Waals surface area contributed by atoms with Gasteiger partial charge in [0.15, 0.2) is 0 Å². The smallest absolute Gasteiger partial charge is 0.303 e. The van der Waals surface area contributed by atoms with Crippen LogP contribution in [0.4, 0.5) is 0 Å². The van der Waals surface area contributed by atoms with E-state index in [1.807, 2.05) is 0 Å². The highest BCUT2D eigenvalue weighted by molar-refractivity contribution is 5.67. The van der Waals surface area contributed by atoms with E-state index >= 15 is 0 Å². The summed E-state index contributed by atoms with van der Waals surface area (Å²) in [6, 6.07) is 0. The number of carboxylic acids is 3. The van der Waals surface area contributed by atoms with Gasteiger partial charge in [-0.3, -0.25) is 14.4 Å². The number of aliphatic carboxylic acids is 3. The van der Waals surface area contributed by atoms with E-state index in [4.69, 9.17) is 15.3 Å². The summed E-state index contributed by atoms with van der Waals surface area (Å²) < 4.78 is 0.632. The van der Waals surface area contributed by atoms with Gasteiger partial charge in [-0.05, 0) is 32.1 Å². The lowest BCUT2D eigenvalue weighted by molar-refractivity contribution is -0.929. The van der Waals surface area contributed by atoms with Gasteiger partial charge in [-0.25, -0.2) is 0 Å². The molecule has 30 heavy (non-hydrogen) atoms. The Balaban J connectivity index is 4.72. The summed E-state index contributed by atoms with van der Waals surface area (Å²) in [6.07, 6.45) is 14.1. The van der Waals surface area contributed by atoms with E-state index in [2.05, 4.69) is 19.1 Å². The van der Waals surface area contributed by atoms with E-state index in [1.54, 1.807) is 0 Å². The molecule has 0 aliphatic rings. The van der Waals surface area contributed by atoms with Crippen LogP contribution in [-0.4, -0.2) is 63.9 Å². The van der Waals surface area contributed by atoms with Crippen molar-refractivity contribution in [1.29, 1.82) is 0 Å². The highest BCUT2D eigenvalue weighted by Gasteiger charge is 2.27. The largest absolute Gasteiger partial charge is 0.481 e. The van der Waals surface area contributed by atoms with Crippen molar-refractivity contribution in [1.82, 2.24) is 0 Å². The van der Waals surface area contributed by atoms with Crippen LogP contribution < -0.4 is 0 Å². The third kappa shape index (κ3) is 17.0. The number of unbranched alkanes of at least 4 members (excludes halogenated alkanes) is 5. The molecule has 0 bridgehead atoms. The van der Waals surface area contributed by atoms with Gasteiger partial charge in [0.1, 0.15) is 0 Å². The fourth-order valence-corrected chi connectivity index (χ4v) is 3.89. The Morgan fingerprint density at radius 3 is 1.43 bits per heavy atom. The minimum absolute atomic E-state index is 0.0864. The Kier molecular flexibility index (Phi) is 16.8. The van der Waals surface area contributed by atoms with Crippen molar-refractivity contribution in [2.24, 2.45) is 0 Å². The van der Waals surface area contributed by atoms with Gasteiger partial charge in [0.25, 0.3) is 0 Å². The highest BCUT2D eigenvalue weighted by Crippen LogP contribution is 2.18. The van der Waals surface area contributed by atoms with Crippen LogP contribution in [0.2, 0.25) is 0 Å². The van der Waals surface area contributed by atoms with Crippen LogP contribution in [0.15, 0.2) is 12.2 Å². The number of rotatable bonds is 21. The predicted molar refractivity (Wildman–Crippen MR) is 117 cm³/mol. The maximum absolute atomic E-state index is 11.0. The van der Waals surface area contributed by atoms with Crippen LogP contribution in [0, 0.1) is 0 Å². The Morgan fingerprint density at radius 1 is 0.600 bits per heavy atom. The molecule has 3 N–H and O–H groups in total. The molecule has 7 nitrogen and oxygen atoms in total. The third-order valence-electron chi connectivity index (χ3n) is 5.47. The zero-order valence-corrected chi connectivity index (χ0v) is 18.7. The molecule has 7 heteroatoms. The molecule has 0 radical (unpaired) electrons. The molecule has 0 spiro atoms. The van der Waals surface area contributed by atoms with Gasteiger partial charge in [-0.1, -0.05) is 31.9 Å². The van der Waals surface area contributed by atoms with Crippen molar-refractivity contribution in [3.8, 4) is 0 Å². The fraction of sp³-hybridized carbons (Fsp3) is 0.783. The van der Waals surface area contributed by atoms with Gasteiger partial charge in [-0.2, -0.15) is 0 Å². The van der Waals surface area contributed by atoms with Crippen molar-refractivity contribution in [3.05, 3.63) is 12.2 Å². The molecule has 174 valence electrons. The number of nitrogens with zero attached hydrogens (tertiary/aromatic N) is 1. The third-order valence-corrected chi connectivity index (χ3v) is 5.47. The van der Waals surface area contributed by atoms with Gasteiger partial charge >= 0.3 is 17.9 Å². The summed E-state index contributed by atoms with van der Waals surface area (Å²) in [6.45, 7) is 4.97. The number of allylic oxidation sites excluding steroid dienone is 2. The lowest BCUT2D eigenvalue weighted by Crippen LogP contribution is -2.51. The Bertz CT molecular complexity index is 468. The fourth-order valence-electron chi connectivity index (χ4n) is 3.89. The minimum Gasteiger partial charge on any atom is -0.481 e. The van der Waals surface area contributed by atoms with Crippen molar-refractivity contribution in [2.45, 2.75) is 90.4 Å². The van der Waals surface area contributed by atoms with Crippen LogP contribution in [-0.2, 0) is 14.4 Å². The highest BCUT2D eigenvalue weighted by atomic mass is 16.4. The lowest BCUT2D eigenvalue weighted by atomic mass is 10.1. The molecule has 0 aliphatic heterocycles. The summed E-state index contributed by atoms with van der Waals surface area (Å²) >= 11 is 0. The van der Waals surface area contributed by atoms with E-state index in [1.165, 1.54) is 12.8 Å². The average molecular weight is 429 g/mol. The molecule has 0 aliphatic carbocycles. The summed E-state index contributed by atoms with van der Waals surface area (Å²) in [5.41, 5.74) is 0. The van der Waals surface area contributed by atoms with E-state index in [9.17, 15) is 14.4 Å². The molecule has 0 amide bonds. The second-order valence-electron chi connectivity index (χ2n) is 8.16. The SMILES string of the molecule is CC/C=C/CCCCCCC[N+](CCCC(=O)O)(CCCC(=O)O)CCCC(=O)O. The lowest BCUT2D eigenvalue weighted by Gasteiger charge is -2.39. The maximum atomic E-state index is 11.0. The van der Waals surface area contributed by atoms with Crippen LogP contribution in [0.1, 0.15) is 90.4 Å². The van der Waals surface area contributed by atoms with Gasteiger partial charge in [0.2, 0.25) is 0 Å². The zero-order chi connectivity index (χ0) is 22.7. The van der Waals surface area contributed by atoms with Gasteiger partial charge in [-0.15, -0.1) is 0 Å². The van der Waals surface area contributed by atoms with Gasteiger partial charge in [0.05, 0.1) is 45.4 Å². The van der Waals surface area contributed by atoms with E-state index in [-0.39, 0.29) is 19.3 Å². The summed E-state index contributed by atoms with van der Waals surface area (Å²) in [5, 5.41) is 27.0. The van der Waals surface area contributed by atoms with Crippen molar-refractivity contribution >= 4 is 17.9 Å². The molecule has 0 rings (SSSR count). The molecular weight excluding hydrogens is 386 g/mol. The molecule has 0 unspecified atom stereocenters. The molecule has 0 atom stereocenters. The molecule has 0 saturated carbocycles. The summed E-state index contributed by atoms with van der Waals surface area (Å²) in [4.78, 5) is 32.9. The normalized spacial score (nSPS) is 11.8. The molecule has 0 aromatic heterocycles. The van der Waals surface area contributed by atoms with Crippen LogP contribution >= 0.6 is 0 Å². The Hall–Kier alpha value is -1.89. The van der Waals surface area contributed by atoms with Crippen LogP contribution in [0.3, 0.4) is 0 Å². The average Bonchev–Trinajstić information content (AvgIpc) is 2.65. The number of carbonyl (C=O) groups is 3. The monoisotopic (exact) mass is 428 g/mol. The number of quaternary nitrogens is 1. The first-order valence-electron chi connectivity index (χ1n) is 11.5. The predicted octanol–water partition coefficient (Wildman–Crippen LogP) is 4.70. The Morgan fingerprint density at radius 2 is 1.00 bits per heavy atom. The first kappa shape index (κ1) is 28.1. The Labute approximate surface area is 181 Å². The maximum Gasteiger partial charge on any atom is 0.303 e.